The Balaban J connectivity index is 1.85. The highest BCUT2D eigenvalue weighted by Crippen LogP contribution is 2.23. The quantitative estimate of drug-likeness (QED) is 0.652. The summed E-state index contributed by atoms with van der Waals surface area (Å²) < 4.78 is 39.8. The summed E-state index contributed by atoms with van der Waals surface area (Å²) in [6, 6.07) is 13.8. The number of para-hydroxylation sites is 1. The highest BCUT2D eigenvalue weighted by Gasteiger charge is 2.30. The van der Waals surface area contributed by atoms with E-state index < -0.39 is 12.3 Å². The molecule has 5 nitrogen and oxygen atoms in total. The molecule has 1 amide bonds. The van der Waals surface area contributed by atoms with Crippen LogP contribution in [0.25, 0.3) is 0 Å². The van der Waals surface area contributed by atoms with Gasteiger partial charge in [0.15, 0.2) is 0 Å². The Morgan fingerprint density at radius 3 is 2.26 bits per heavy atom. The molecule has 0 fully saturated rings. The van der Waals surface area contributed by atoms with Gasteiger partial charge in [0.25, 0.3) is 5.91 Å². The van der Waals surface area contributed by atoms with E-state index in [1.807, 2.05) is 18.2 Å². The van der Waals surface area contributed by atoms with Gasteiger partial charge in [0.05, 0.1) is 5.69 Å². The number of rotatable bonds is 5. The molecular formula is C15H12F3N3O2. The number of halogens is 3. The van der Waals surface area contributed by atoms with Gasteiger partial charge in [-0.2, -0.15) is 5.10 Å². The van der Waals surface area contributed by atoms with Crippen LogP contribution in [0, 0.1) is 0 Å². The number of anilines is 2. The van der Waals surface area contributed by atoms with Crippen LogP contribution in [0.2, 0.25) is 0 Å². The second-order valence-corrected chi connectivity index (χ2v) is 4.30. The first-order valence-electron chi connectivity index (χ1n) is 6.43. The van der Waals surface area contributed by atoms with E-state index in [1.54, 1.807) is 12.1 Å². The number of hydrogen-bond acceptors (Lipinski definition) is 4. The van der Waals surface area contributed by atoms with Crippen LogP contribution in [-0.2, 0) is 4.79 Å². The normalized spacial score (nSPS) is 11.3. The number of nitrogens with zero attached hydrogens (tertiary/aromatic N) is 1. The Morgan fingerprint density at radius 1 is 1.00 bits per heavy atom. The standard InChI is InChI=1S/C15H12F3N3O2/c16-15(17,18)23-13-8-6-11(7-9-13)20-14(22)10-19-21-12-4-2-1-3-5-12/h1-10,21H,(H,20,22). The molecule has 120 valence electrons. The van der Waals surface area contributed by atoms with Crippen molar-refractivity contribution in [3.05, 3.63) is 54.6 Å². The maximum absolute atomic E-state index is 12.0. The SMILES string of the molecule is O=C(C=NNc1ccccc1)Nc1ccc(OC(F)(F)F)cc1. The third-order valence-corrected chi connectivity index (χ3v) is 2.50. The van der Waals surface area contributed by atoms with Crippen LogP contribution in [-0.4, -0.2) is 18.5 Å². The fourth-order valence-corrected chi connectivity index (χ4v) is 1.59. The summed E-state index contributed by atoms with van der Waals surface area (Å²) in [4.78, 5) is 11.6. The molecular weight excluding hydrogens is 311 g/mol. The van der Waals surface area contributed by atoms with Crippen molar-refractivity contribution in [2.45, 2.75) is 6.36 Å². The lowest BCUT2D eigenvalue weighted by atomic mass is 10.3. The minimum absolute atomic E-state index is 0.315. The van der Waals surface area contributed by atoms with Crippen molar-refractivity contribution in [3.8, 4) is 5.75 Å². The van der Waals surface area contributed by atoms with Gasteiger partial charge in [-0.05, 0) is 36.4 Å². The number of carbonyl (C=O) groups is 1. The molecule has 0 aliphatic rings. The lowest BCUT2D eigenvalue weighted by molar-refractivity contribution is -0.274. The molecule has 0 aromatic heterocycles. The fourth-order valence-electron chi connectivity index (χ4n) is 1.59. The van der Waals surface area contributed by atoms with Gasteiger partial charge < -0.3 is 10.1 Å². The van der Waals surface area contributed by atoms with Crippen molar-refractivity contribution in [2.24, 2.45) is 5.10 Å². The van der Waals surface area contributed by atoms with Gasteiger partial charge in [-0.1, -0.05) is 18.2 Å². The molecule has 0 saturated heterocycles. The average Bonchev–Trinajstić information content (AvgIpc) is 2.49. The molecule has 2 N–H and O–H groups in total. The molecule has 0 spiro atoms. The summed E-state index contributed by atoms with van der Waals surface area (Å²) in [6.07, 6.45) is -3.73. The first-order chi connectivity index (χ1) is 10.9. The van der Waals surface area contributed by atoms with Crippen LogP contribution < -0.4 is 15.5 Å². The van der Waals surface area contributed by atoms with E-state index in [4.69, 9.17) is 0 Å². The highest BCUT2D eigenvalue weighted by atomic mass is 19.4. The second kappa shape index (κ2) is 7.30. The van der Waals surface area contributed by atoms with Crippen molar-refractivity contribution < 1.29 is 22.7 Å². The molecule has 0 atom stereocenters. The number of hydrazone groups is 1. The largest absolute Gasteiger partial charge is 0.573 e. The van der Waals surface area contributed by atoms with Crippen LogP contribution in [0.1, 0.15) is 0 Å². The van der Waals surface area contributed by atoms with Gasteiger partial charge in [-0.15, -0.1) is 13.2 Å². The second-order valence-electron chi connectivity index (χ2n) is 4.30. The van der Waals surface area contributed by atoms with Crippen LogP contribution in [0.5, 0.6) is 5.75 Å². The van der Waals surface area contributed by atoms with E-state index in [0.29, 0.717) is 11.4 Å². The van der Waals surface area contributed by atoms with Crippen molar-refractivity contribution in [1.82, 2.24) is 0 Å². The van der Waals surface area contributed by atoms with E-state index in [1.165, 1.54) is 12.1 Å². The lowest BCUT2D eigenvalue weighted by Gasteiger charge is -2.09. The Hall–Kier alpha value is -3.03. The van der Waals surface area contributed by atoms with Gasteiger partial charge in [0.2, 0.25) is 0 Å². The van der Waals surface area contributed by atoms with Gasteiger partial charge in [0.1, 0.15) is 12.0 Å². The smallest absolute Gasteiger partial charge is 0.406 e. The summed E-state index contributed by atoms with van der Waals surface area (Å²) in [5, 5.41) is 6.20. The number of carbonyl (C=O) groups excluding carboxylic acids is 1. The Morgan fingerprint density at radius 2 is 1.65 bits per heavy atom. The van der Waals surface area contributed by atoms with Crippen LogP contribution in [0.15, 0.2) is 59.7 Å². The molecule has 0 radical (unpaired) electrons. The first kappa shape index (κ1) is 16.3. The molecule has 0 aliphatic heterocycles. The highest BCUT2D eigenvalue weighted by molar-refractivity contribution is 6.31. The number of benzene rings is 2. The van der Waals surface area contributed by atoms with Gasteiger partial charge in [0, 0.05) is 5.69 Å². The van der Waals surface area contributed by atoms with Gasteiger partial charge >= 0.3 is 6.36 Å². The minimum atomic E-state index is -4.75. The third kappa shape index (κ3) is 6.08. The molecule has 2 aromatic rings. The zero-order valence-electron chi connectivity index (χ0n) is 11.7. The number of ether oxygens (including phenoxy) is 1. The summed E-state index contributed by atoms with van der Waals surface area (Å²) in [5.74, 6) is -0.896. The van der Waals surface area contributed by atoms with Crippen LogP contribution in [0.3, 0.4) is 0 Å². The molecule has 0 heterocycles. The van der Waals surface area contributed by atoms with E-state index >= 15 is 0 Å². The van der Waals surface area contributed by atoms with E-state index in [9.17, 15) is 18.0 Å². The van der Waals surface area contributed by atoms with E-state index in [-0.39, 0.29) is 5.75 Å². The Bertz CT molecular complexity index is 671. The summed E-state index contributed by atoms with van der Waals surface area (Å²) in [7, 11) is 0. The van der Waals surface area contributed by atoms with Crippen LogP contribution >= 0.6 is 0 Å². The van der Waals surface area contributed by atoms with Gasteiger partial charge in [-0.25, -0.2) is 0 Å². The van der Waals surface area contributed by atoms with Crippen molar-refractivity contribution >= 4 is 23.5 Å². The fraction of sp³-hybridized carbons (Fsp3) is 0.0667. The zero-order valence-corrected chi connectivity index (χ0v) is 11.7. The summed E-state index contributed by atoms with van der Waals surface area (Å²) in [6.45, 7) is 0. The Labute approximate surface area is 129 Å². The average molecular weight is 323 g/mol. The van der Waals surface area contributed by atoms with E-state index in [2.05, 4.69) is 20.6 Å². The summed E-state index contributed by atoms with van der Waals surface area (Å²) in [5.41, 5.74) is 3.69. The maximum Gasteiger partial charge on any atom is 0.573 e. The van der Waals surface area contributed by atoms with E-state index in [0.717, 1.165) is 18.3 Å². The molecule has 0 aliphatic carbocycles. The monoisotopic (exact) mass is 323 g/mol. The number of hydrogen-bond donors (Lipinski definition) is 2. The number of nitrogens with one attached hydrogen (secondary N) is 2. The lowest BCUT2D eigenvalue weighted by Crippen LogP contribution is -2.17. The van der Waals surface area contributed by atoms with Crippen molar-refractivity contribution in [2.75, 3.05) is 10.7 Å². The molecule has 23 heavy (non-hydrogen) atoms. The molecule has 0 saturated carbocycles. The molecule has 2 aromatic carbocycles. The van der Waals surface area contributed by atoms with Crippen LogP contribution in [0.4, 0.5) is 24.5 Å². The van der Waals surface area contributed by atoms with Gasteiger partial charge in [-0.3, -0.25) is 10.2 Å². The maximum atomic E-state index is 12.0. The topological polar surface area (TPSA) is 62.7 Å². The number of alkyl halides is 3. The molecule has 0 bridgehead atoms. The Kier molecular flexibility index (Phi) is 5.19. The molecule has 0 unspecified atom stereocenters. The first-order valence-corrected chi connectivity index (χ1v) is 6.43. The predicted molar refractivity (Wildman–Crippen MR) is 80.3 cm³/mol. The molecule has 2 rings (SSSR count). The van der Waals surface area contributed by atoms with Crippen molar-refractivity contribution in [1.29, 1.82) is 0 Å². The minimum Gasteiger partial charge on any atom is -0.406 e. The zero-order chi connectivity index (χ0) is 16.7. The number of amides is 1. The summed E-state index contributed by atoms with van der Waals surface area (Å²) >= 11 is 0. The van der Waals surface area contributed by atoms with Crippen molar-refractivity contribution in [3.63, 3.8) is 0 Å². The third-order valence-electron chi connectivity index (χ3n) is 2.50. The predicted octanol–water partition coefficient (Wildman–Crippen LogP) is 3.62. The molecule has 8 heteroatoms.